The minimum atomic E-state index is -3.79. The van der Waals surface area contributed by atoms with Gasteiger partial charge in [-0.3, -0.25) is 4.79 Å². The Balaban J connectivity index is 2.86. The van der Waals surface area contributed by atoms with Crippen LogP contribution in [0.25, 0.3) is 0 Å². The predicted molar refractivity (Wildman–Crippen MR) is 78.9 cm³/mol. The summed E-state index contributed by atoms with van der Waals surface area (Å²) in [5.41, 5.74) is 0.907. The minimum absolute atomic E-state index is 0.0232. The molecule has 0 saturated heterocycles. The number of nitrogens with one attached hydrogen (secondary N) is 2. The highest BCUT2D eigenvalue weighted by Crippen LogP contribution is 2.22. The summed E-state index contributed by atoms with van der Waals surface area (Å²) >= 11 is 0. The van der Waals surface area contributed by atoms with Gasteiger partial charge in [0.1, 0.15) is 0 Å². The van der Waals surface area contributed by atoms with E-state index in [4.69, 9.17) is 5.14 Å². The molecule has 0 aliphatic rings. The Morgan fingerprint density at radius 3 is 2.60 bits per heavy atom. The van der Waals surface area contributed by atoms with Crippen LogP contribution in [0.1, 0.15) is 25.8 Å². The number of carbonyl (C=O) groups excluding carboxylic acids is 1. The fraction of sp³-hybridized carbons (Fsp3) is 0.462. The maximum absolute atomic E-state index is 11.9. The van der Waals surface area contributed by atoms with E-state index in [0.29, 0.717) is 17.7 Å². The van der Waals surface area contributed by atoms with Crippen molar-refractivity contribution < 1.29 is 13.2 Å². The molecule has 0 fully saturated rings. The number of hydrogen-bond donors (Lipinski definition) is 3. The zero-order valence-electron chi connectivity index (χ0n) is 11.9. The maximum atomic E-state index is 11.9. The van der Waals surface area contributed by atoms with Crippen molar-refractivity contribution in [2.24, 2.45) is 5.14 Å². The number of amides is 1. The maximum Gasteiger partial charge on any atom is 0.238 e. The summed E-state index contributed by atoms with van der Waals surface area (Å²) < 4.78 is 22.8. The van der Waals surface area contributed by atoms with E-state index in [1.54, 1.807) is 19.1 Å². The van der Waals surface area contributed by atoms with Crippen molar-refractivity contribution in [2.45, 2.75) is 38.1 Å². The second-order valence-electron chi connectivity index (χ2n) is 4.68. The van der Waals surface area contributed by atoms with Crippen molar-refractivity contribution in [2.75, 3.05) is 11.9 Å². The van der Waals surface area contributed by atoms with E-state index in [-0.39, 0.29) is 16.8 Å². The van der Waals surface area contributed by atoms with Gasteiger partial charge < -0.3 is 10.6 Å². The zero-order chi connectivity index (χ0) is 15.3. The predicted octanol–water partition coefficient (Wildman–Crippen LogP) is 0.969. The molecule has 4 N–H and O–H groups in total. The highest BCUT2D eigenvalue weighted by molar-refractivity contribution is 7.89. The number of anilines is 1. The molecule has 0 saturated carbocycles. The molecule has 1 amide bonds. The first-order valence-corrected chi connectivity index (χ1v) is 7.96. The van der Waals surface area contributed by atoms with Gasteiger partial charge in [0.2, 0.25) is 15.9 Å². The third-order valence-corrected chi connectivity index (χ3v) is 3.96. The molecule has 7 heteroatoms. The van der Waals surface area contributed by atoms with Gasteiger partial charge in [-0.1, -0.05) is 13.0 Å². The summed E-state index contributed by atoms with van der Waals surface area (Å²) in [6, 6.07) is 4.68. The normalized spacial score (nSPS) is 13.0. The molecule has 0 radical (unpaired) electrons. The van der Waals surface area contributed by atoms with Gasteiger partial charge in [0.15, 0.2) is 0 Å². The molecule has 1 rings (SSSR count). The fourth-order valence-electron chi connectivity index (χ4n) is 1.96. The van der Waals surface area contributed by atoms with Gasteiger partial charge in [-0.05, 0) is 38.1 Å². The molecule has 0 spiro atoms. The molecule has 0 heterocycles. The molecule has 112 valence electrons. The van der Waals surface area contributed by atoms with Crippen LogP contribution in [0.2, 0.25) is 0 Å². The van der Waals surface area contributed by atoms with Crippen LogP contribution in [0.5, 0.6) is 0 Å². The van der Waals surface area contributed by atoms with E-state index in [2.05, 4.69) is 10.6 Å². The number of benzene rings is 1. The van der Waals surface area contributed by atoms with Crippen LogP contribution >= 0.6 is 0 Å². The third-order valence-electron chi connectivity index (χ3n) is 2.91. The van der Waals surface area contributed by atoms with Crippen molar-refractivity contribution in [3.8, 4) is 0 Å². The van der Waals surface area contributed by atoms with Crippen LogP contribution in [0.3, 0.4) is 0 Å². The molecule has 1 aromatic rings. The Bertz CT molecular complexity index is 585. The zero-order valence-corrected chi connectivity index (χ0v) is 12.8. The van der Waals surface area contributed by atoms with Gasteiger partial charge >= 0.3 is 0 Å². The van der Waals surface area contributed by atoms with E-state index in [9.17, 15) is 13.2 Å². The summed E-state index contributed by atoms with van der Waals surface area (Å²) in [5, 5.41) is 11.0. The van der Waals surface area contributed by atoms with Crippen molar-refractivity contribution in [1.82, 2.24) is 5.32 Å². The average molecular weight is 299 g/mol. The Morgan fingerprint density at radius 2 is 2.05 bits per heavy atom. The summed E-state index contributed by atoms with van der Waals surface area (Å²) in [6.07, 6.45) is 0.312. The molecule has 6 nitrogen and oxygen atoms in total. The van der Waals surface area contributed by atoms with Crippen LogP contribution in [-0.4, -0.2) is 26.9 Å². The number of primary sulfonamides is 1. The molecular weight excluding hydrogens is 278 g/mol. The van der Waals surface area contributed by atoms with E-state index in [1.807, 2.05) is 13.8 Å². The monoisotopic (exact) mass is 299 g/mol. The molecule has 0 aliphatic carbocycles. The quantitative estimate of drug-likeness (QED) is 0.728. The highest BCUT2D eigenvalue weighted by atomic mass is 32.2. The smallest absolute Gasteiger partial charge is 0.238 e. The van der Waals surface area contributed by atoms with E-state index >= 15 is 0 Å². The molecule has 1 atom stereocenters. The number of nitrogens with two attached hydrogens (primary N) is 1. The number of hydrogen-bond acceptors (Lipinski definition) is 4. The largest absolute Gasteiger partial charge is 0.326 e. The second kappa shape index (κ2) is 6.83. The standard InChI is InChI=1S/C13H21N3O3S/c1-4-15-9(2)8-13(17)16-11-6-5-7-12(10(11)3)20(14,18)19/h5-7,9,15H,4,8H2,1-3H3,(H,16,17)(H2,14,18,19). The summed E-state index contributed by atoms with van der Waals surface area (Å²) in [5.74, 6) is -0.173. The summed E-state index contributed by atoms with van der Waals surface area (Å²) in [6.45, 7) is 6.28. The lowest BCUT2D eigenvalue weighted by Gasteiger charge is -2.14. The van der Waals surface area contributed by atoms with Crippen LogP contribution in [-0.2, 0) is 14.8 Å². The average Bonchev–Trinajstić information content (AvgIpc) is 2.30. The van der Waals surface area contributed by atoms with E-state index in [0.717, 1.165) is 6.54 Å². The Labute approximate surface area is 119 Å². The third kappa shape index (κ3) is 4.59. The second-order valence-corrected chi connectivity index (χ2v) is 6.21. The number of sulfonamides is 1. The molecule has 1 aromatic carbocycles. The lowest BCUT2D eigenvalue weighted by molar-refractivity contribution is -0.116. The number of rotatable bonds is 6. The lowest BCUT2D eigenvalue weighted by atomic mass is 10.1. The first kappa shape index (κ1) is 16.6. The molecule has 20 heavy (non-hydrogen) atoms. The molecule has 0 aliphatic heterocycles. The SMILES string of the molecule is CCNC(C)CC(=O)Nc1cccc(S(N)(=O)=O)c1C. The lowest BCUT2D eigenvalue weighted by Crippen LogP contribution is -2.30. The Kier molecular flexibility index (Phi) is 5.67. The van der Waals surface area contributed by atoms with E-state index in [1.165, 1.54) is 6.07 Å². The molecule has 1 unspecified atom stereocenters. The van der Waals surface area contributed by atoms with Crippen LogP contribution < -0.4 is 15.8 Å². The summed E-state index contributed by atoms with van der Waals surface area (Å²) in [4.78, 5) is 11.9. The van der Waals surface area contributed by atoms with Gasteiger partial charge in [-0.25, -0.2) is 13.6 Å². The summed E-state index contributed by atoms with van der Waals surface area (Å²) in [7, 11) is -3.79. The number of carbonyl (C=O) groups is 1. The minimum Gasteiger partial charge on any atom is -0.326 e. The molecule has 0 bridgehead atoms. The van der Waals surface area contributed by atoms with Crippen molar-refractivity contribution in [3.05, 3.63) is 23.8 Å². The Hall–Kier alpha value is -1.44. The van der Waals surface area contributed by atoms with Crippen LogP contribution in [0, 0.1) is 6.92 Å². The van der Waals surface area contributed by atoms with Crippen molar-refractivity contribution >= 4 is 21.6 Å². The Morgan fingerprint density at radius 1 is 1.40 bits per heavy atom. The van der Waals surface area contributed by atoms with Gasteiger partial charge in [-0.15, -0.1) is 0 Å². The van der Waals surface area contributed by atoms with Crippen LogP contribution in [0.15, 0.2) is 23.1 Å². The van der Waals surface area contributed by atoms with E-state index < -0.39 is 10.0 Å². The van der Waals surface area contributed by atoms with Gasteiger partial charge in [0.05, 0.1) is 4.90 Å². The highest BCUT2D eigenvalue weighted by Gasteiger charge is 2.15. The first-order chi connectivity index (χ1) is 9.25. The fourth-order valence-corrected chi connectivity index (χ4v) is 2.76. The van der Waals surface area contributed by atoms with Gasteiger partial charge in [-0.2, -0.15) is 0 Å². The van der Waals surface area contributed by atoms with Gasteiger partial charge in [0.25, 0.3) is 0 Å². The van der Waals surface area contributed by atoms with Crippen molar-refractivity contribution in [3.63, 3.8) is 0 Å². The molecular formula is C13H21N3O3S. The molecule has 0 aromatic heterocycles. The first-order valence-electron chi connectivity index (χ1n) is 6.41. The van der Waals surface area contributed by atoms with Crippen molar-refractivity contribution in [1.29, 1.82) is 0 Å². The topological polar surface area (TPSA) is 101 Å². The van der Waals surface area contributed by atoms with Gasteiger partial charge in [0, 0.05) is 18.2 Å². The van der Waals surface area contributed by atoms with Crippen LogP contribution in [0.4, 0.5) is 5.69 Å².